The lowest BCUT2D eigenvalue weighted by atomic mass is 9.91. The number of alkyl halides is 2. The first-order valence-electron chi connectivity index (χ1n) is 13.0. The van der Waals surface area contributed by atoms with Crippen LogP contribution in [-0.4, -0.2) is 46.1 Å². The molecule has 4 rings (SSSR count). The molecule has 0 radical (unpaired) electrons. The summed E-state index contributed by atoms with van der Waals surface area (Å²) in [5.74, 6) is -3.11. The average Bonchev–Trinajstić information content (AvgIpc) is 3.39. The van der Waals surface area contributed by atoms with Crippen molar-refractivity contribution in [3.05, 3.63) is 53.1 Å². The number of halogens is 3. The zero-order valence-electron chi connectivity index (χ0n) is 23.4. The first kappa shape index (κ1) is 28.9. The largest absolute Gasteiger partial charge is 0.493 e. The van der Waals surface area contributed by atoms with E-state index in [9.17, 15) is 13.9 Å². The third-order valence-corrected chi connectivity index (χ3v) is 7.13. The first-order chi connectivity index (χ1) is 18.2. The van der Waals surface area contributed by atoms with E-state index >= 15 is 4.39 Å². The van der Waals surface area contributed by atoms with Crippen LogP contribution in [0.5, 0.6) is 11.5 Å². The number of benzene rings is 2. The van der Waals surface area contributed by atoms with Crippen molar-refractivity contribution in [2.45, 2.75) is 83.7 Å². The number of nitrogens with zero attached hydrogens (tertiary/aromatic N) is 2. The summed E-state index contributed by atoms with van der Waals surface area (Å²) < 4.78 is 63.0. The number of anilines is 1. The maximum Gasteiger partial charge on any atom is 0.303 e. The lowest BCUT2D eigenvalue weighted by Gasteiger charge is -2.32. The van der Waals surface area contributed by atoms with E-state index in [4.69, 9.17) is 14.2 Å². The van der Waals surface area contributed by atoms with Crippen LogP contribution < -0.4 is 14.8 Å². The van der Waals surface area contributed by atoms with Gasteiger partial charge in [0.1, 0.15) is 28.7 Å². The van der Waals surface area contributed by atoms with Gasteiger partial charge in [-0.15, -0.1) is 0 Å². The van der Waals surface area contributed by atoms with E-state index < -0.39 is 34.5 Å². The second-order valence-corrected chi connectivity index (χ2v) is 11.1. The van der Waals surface area contributed by atoms with Gasteiger partial charge in [-0.25, -0.2) is 14.4 Å². The molecule has 1 saturated heterocycles. The van der Waals surface area contributed by atoms with Gasteiger partial charge in [-0.2, -0.15) is 8.78 Å². The molecule has 1 aliphatic heterocycles. The van der Waals surface area contributed by atoms with Gasteiger partial charge in [0, 0.05) is 23.6 Å². The van der Waals surface area contributed by atoms with Crippen molar-refractivity contribution in [3.8, 4) is 11.5 Å². The first-order valence-corrected chi connectivity index (χ1v) is 13.0. The van der Waals surface area contributed by atoms with Gasteiger partial charge in [0.05, 0.1) is 30.3 Å². The monoisotopic (exact) mass is 547 g/mol. The Labute approximate surface area is 226 Å². The van der Waals surface area contributed by atoms with Gasteiger partial charge in [-0.3, -0.25) is 0 Å². The average molecular weight is 548 g/mol. The molecule has 1 fully saturated rings. The Morgan fingerprint density at radius 1 is 1.13 bits per heavy atom. The molecule has 212 valence electrons. The van der Waals surface area contributed by atoms with Gasteiger partial charge in [0.15, 0.2) is 11.5 Å². The number of fused-ring (bicyclic) bond motifs is 1. The summed E-state index contributed by atoms with van der Waals surface area (Å²) in [4.78, 5) is 9.04. The highest BCUT2D eigenvalue weighted by Crippen LogP contribution is 2.42. The van der Waals surface area contributed by atoms with Gasteiger partial charge in [0.2, 0.25) is 0 Å². The number of aromatic nitrogens is 2. The predicted octanol–water partition coefficient (Wildman–Crippen LogP) is 6.46. The van der Waals surface area contributed by atoms with Crippen molar-refractivity contribution in [1.82, 2.24) is 9.97 Å². The fourth-order valence-corrected chi connectivity index (χ4v) is 4.82. The van der Waals surface area contributed by atoms with Gasteiger partial charge in [-0.05, 0) is 66.5 Å². The maximum absolute atomic E-state index is 15.4. The number of nitrogens with one attached hydrogen (secondary N) is 1. The highest BCUT2D eigenvalue weighted by Gasteiger charge is 2.49. The summed E-state index contributed by atoms with van der Waals surface area (Å²) in [6.07, 6.45) is 1.76. The Hall–Kier alpha value is -3.11. The van der Waals surface area contributed by atoms with Crippen LogP contribution in [0.3, 0.4) is 0 Å². The predicted molar refractivity (Wildman–Crippen MR) is 143 cm³/mol. The smallest absolute Gasteiger partial charge is 0.303 e. The molecule has 0 bridgehead atoms. The van der Waals surface area contributed by atoms with E-state index in [0.29, 0.717) is 40.7 Å². The molecule has 1 aliphatic rings. The molecule has 10 heteroatoms. The Kier molecular flexibility index (Phi) is 7.75. The summed E-state index contributed by atoms with van der Waals surface area (Å²) >= 11 is 0. The van der Waals surface area contributed by atoms with Gasteiger partial charge >= 0.3 is 5.92 Å². The van der Waals surface area contributed by atoms with E-state index in [-0.39, 0.29) is 11.7 Å². The Balaban J connectivity index is 1.73. The number of methoxy groups -OCH3 is 1. The molecule has 0 aliphatic carbocycles. The Morgan fingerprint density at radius 2 is 1.85 bits per heavy atom. The third-order valence-electron chi connectivity index (χ3n) is 7.13. The number of ether oxygens (including phenoxy) is 3. The van der Waals surface area contributed by atoms with Crippen molar-refractivity contribution < 1.29 is 32.5 Å². The normalized spacial score (nSPS) is 17.4. The fraction of sp³-hybridized carbons (Fsp3) is 0.517. The minimum absolute atomic E-state index is 0.00495. The SMILES string of the molecule is COc1cc2nc(C)nc(N[C@H](C)c3cccc(C(F)(F)C(C)(C)O)c3F)c2cc1OC(C)(C)C1CCCO1. The third kappa shape index (κ3) is 5.63. The summed E-state index contributed by atoms with van der Waals surface area (Å²) in [5.41, 5.74) is -3.39. The van der Waals surface area contributed by atoms with E-state index in [1.807, 2.05) is 13.8 Å². The van der Waals surface area contributed by atoms with Crippen molar-refractivity contribution in [2.24, 2.45) is 0 Å². The zero-order chi connectivity index (χ0) is 28.8. The molecule has 2 atom stereocenters. The number of hydrogen-bond donors (Lipinski definition) is 2. The highest BCUT2D eigenvalue weighted by atomic mass is 19.3. The number of aryl methyl sites for hydroxylation is 1. The second kappa shape index (κ2) is 10.5. The van der Waals surface area contributed by atoms with Gasteiger partial charge < -0.3 is 24.6 Å². The molecule has 1 unspecified atom stereocenters. The summed E-state index contributed by atoms with van der Waals surface area (Å²) in [5, 5.41) is 13.7. The van der Waals surface area contributed by atoms with Crippen LogP contribution in [-0.2, 0) is 10.7 Å². The molecule has 0 amide bonds. The fourth-order valence-electron chi connectivity index (χ4n) is 4.82. The topological polar surface area (TPSA) is 85.7 Å². The number of hydrogen-bond acceptors (Lipinski definition) is 7. The van der Waals surface area contributed by atoms with Crippen LogP contribution in [0.2, 0.25) is 0 Å². The molecule has 2 aromatic carbocycles. The van der Waals surface area contributed by atoms with Crippen LogP contribution in [0.1, 0.15) is 70.5 Å². The van der Waals surface area contributed by atoms with Gasteiger partial charge in [-0.1, -0.05) is 12.1 Å². The Bertz CT molecular complexity index is 1350. The maximum atomic E-state index is 15.4. The highest BCUT2D eigenvalue weighted by molar-refractivity contribution is 5.92. The second-order valence-electron chi connectivity index (χ2n) is 11.1. The molecule has 1 aromatic heterocycles. The minimum Gasteiger partial charge on any atom is -0.493 e. The van der Waals surface area contributed by atoms with Crippen LogP contribution in [0.25, 0.3) is 10.9 Å². The lowest BCUT2D eigenvalue weighted by molar-refractivity contribution is -0.170. The van der Waals surface area contributed by atoms with Gasteiger partial charge in [0.25, 0.3) is 0 Å². The molecular weight excluding hydrogens is 511 g/mol. The van der Waals surface area contributed by atoms with Crippen molar-refractivity contribution in [1.29, 1.82) is 0 Å². The van der Waals surface area contributed by atoms with Crippen LogP contribution in [0.4, 0.5) is 19.0 Å². The molecule has 7 nitrogen and oxygen atoms in total. The molecule has 0 saturated carbocycles. The van der Waals surface area contributed by atoms with Crippen molar-refractivity contribution >= 4 is 16.7 Å². The van der Waals surface area contributed by atoms with Crippen molar-refractivity contribution in [2.75, 3.05) is 19.0 Å². The van der Waals surface area contributed by atoms with Crippen LogP contribution in [0.15, 0.2) is 30.3 Å². The number of aliphatic hydroxyl groups is 1. The van der Waals surface area contributed by atoms with E-state index in [0.717, 1.165) is 32.8 Å². The Morgan fingerprint density at radius 3 is 2.46 bits per heavy atom. The molecule has 3 aromatic rings. The molecule has 2 N–H and O–H groups in total. The summed E-state index contributed by atoms with van der Waals surface area (Å²) in [6, 6.07) is 6.50. The minimum atomic E-state index is -3.80. The lowest BCUT2D eigenvalue weighted by Crippen LogP contribution is -2.41. The molecule has 2 heterocycles. The van der Waals surface area contributed by atoms with Crippen LogP contribution in [0, 0.1) is 12.7 Å². The quantitative estimate of drug-likeness (QED) is 0.318. The molecule has 39 heavy (non-hydrogen) atoms. The summed E-state index contributed by atoms with van der Waals surface area (Å²) in [6.45, 7) is 9.87. The number of rotatable bonds is 9. The van der Waals surface area contributed by atoms with Crippen molar-refractivity contribution in [3.63, 3.8) is 0 Å². The van der Waals surface area contributed by atoms with E-state index in [1.54, 1.807) is 33.1 Å². The standard InChI is InChI=1S/C29H36F3N3O4/c1-16(18-10-8-11-20(25(18)30)29(31,32)28(5,6)36)33-26-19-14-23(39-27(3,4)24-12-9-13-38-24)22(37-7)15-21(19)34-17(2)35-26/h8,10-11,14-16,24,36H,9,12-13H2,1-7H3,(H,33,34,35)/t16-,24?/m1/s1. The van der Waals surface area contributed by atoms with E-state index in [2.05, 4.69) is 15.3 Å². The molecular formula is C29H36F3N3O4. The zero-order valence-corrected chi connectivity index (χ0v) is 23.4. The van der Waals surface area contributed by atoms with E-state index in [1.165, 1.54) is 12.1 Å². The summed E-state index contributed by atoms with van der Waals surface area (Å²) in [7, 11) is 1.54. The molecule has 0 spiro atoms. The van der Waals surface area contributed by atoms with Crippen LogP contribution >= 0.6 is 0 Å².